The maximum Gasteiger partial charge on any atom is 0.236 e. The second-order valence-corrected chi connectivity index (χ2v) is 12.2. The highest BCUT2D eigenvalue weighted by Crippen LogP contribution is 2.47. The number of rotatable bonds is 3. The van der Waals surface area contributed by atoms with E-state index in [2.05, 4.69) is 63.8 Å². The molecule has 1 atom stereocenters. The van der Waals surface area contributed by atoms with Crippen molar-refractivity contribution in [2.24, 2.45) is 5.92 Å². The number of carbonyl (C=O) groups is 1. The molecule has 1 aromatic heterocycles. The lowest BCUT2D eigenvalue weighted by Gasteiger charge is -2.44. The third-order valence-corrected chi connectivity index (χ3v) is 9.41. The van der Waals surface area contributed by atoms with Crippen molar-refractivity contribution in [3.05, 3.63) is 62.9 Å². The summed E-state index contributed by atoms with van der Waals surface area (Å²) >= 11 is 5.64. The Hall–Kier alpha value is -1.37. The highest BCUT2D eigenvalue weighted by molar-refractivity contribution is 9.10. The lowest BCUT2D eigenvalue weighted by Crippen LogP contribution is -2.49. The van der Waals surface area contributed by atoms with Crippen LogP contribution >= 0.6 is 27.7 Å². The van der Waals surface area contributed by atoms with E-state index in [1.165, 1.54) is 27.9 Å². The molecule has 1 amide bonds. The Balaban J connectivity index is 1.40. The summed E-state index contributed by atoms with van der Waals surface area (Å²) in [6.45, 7) is 8.99. The van der Waals surface area contributed by atoms with Gasteiger partial charge in [0.05, 0.1) is 12.2 Å². The molecule has 1 aliphatic carbocycles. The second kappa shape index (κ2) is 9.71. The van der Waals surface area contributed by atoms with Gasteiger partial charge in [0.25, 0.3) is 0 Å². The molecule has 176 valence electrons. The minimum absolute atomic E-state index is 0.130. The molecule has 2 saturated heterocycles. The summed E-state index contributed by atoms with van der Waals surface area (Å²) in [5, 5.41) is 0. The van der Waals surface area contributed by atoms with Gasteiger partial charge in [-0.2, -0.15) is 11.8 Å². The van der Waals surface area contributed by atoms with Gasteiger partial charge >= 0.3 is 0 Å². The number of thioether (sulfide) groups is 1. The van der Waals surface area contributed by atoms with E-state index in [9.17, 15) is 4.79 Å². The average molecular weight is 529 g/mol. The SMILES string of the molecule is Cc1ccc2c(c1)CCc1cc(Br)cnc1C2(C)C1CCN(C(=O)CN2CCSCC2)CC1. The summed E-state index contributed by atoms with van der Waals surface area (Å²) in [5.41, 5.74) is 6.71. The van der Waals surface area contributed by atoms with E-state index in [1.54, 1.807) is 0 Å². The largest absolute Gasteiger partial charge is 0.342 e. The van der Waals surface area contributed by atoms with Crippen molar-refractivity contribution in [3.63, 3.8) is 0 Å². The zero-order valence-corrected chi connectivity index (χ0v) is 22.2. The second-order valence-electron chi connectivity index (χ2n) is 10.1. The van der Waals surface area contributed by atoms with Gasteiger partial charge in [-0.05, 0) is 84.1 Å². The standard InChI is InChI=1S/C27H34BrN3OS/c1-19-3-6-24-20(15-19)4-5-21-16-23(28)17-29-26(21)27(24,2)22-7-9-31(10-8-22)25(32)18-30-11-13-33-14-12-30/h3,6,15-17,22H,4-5,7-14,18H2,1-2H3. The molecule has 2 aliphatic heterocycles. The lowest BCUT2D eigenvalue weighted by atomic mass is 9.64. The summed E-state index contributed by atoms with van der Waals surface area (Å²) < 4.78 is 1.06. The van der Waals surface area contributed by atoms with Gasteiger partial charge in [0.2, 0.25) is 5.91 Å². The molecule has 2 fully saturated rings. The first-order valence-electron chi connectivity index (χ1n) is 12.3. The number of piperidine rings is 1. The molecule has 0 bridgehead atoms. The van der Waals surface area contributed by atoms with E-state index in [4.69, 9.17) is 4.98 Å². The number of likely N-dealkylation sites (tertiary alicyclic amines) is 1. The number of hydrogen-bond acceptors (Lipinski definition) is 4. The number of halogens is 1. The van der Waals surface area contributed by atoms with Gasteiger partial charge in [0.1, 0.15) is 0 Å². The molecule has 0 N–H and O–H groups in total. The van der Waals surface area contributed by atoms with E-state index in [-0.39, 0.29) is 5.41 Å². The predicted molar refractivity (Wildman–Crippen MR) is 140 cm³/mol. The van der Waals surface area contributed by atoms with Crippen LogP contribution in [0.1, 0.15) is 47.7 Å². The van der Waals surface area contributed by atoms with Crippen LogP contribution in [-0.2, 0) is 23.1 Å². The number of nitrogens with zero attached hydrogens (tertiary/aromatic N) is 3. The smallest absolute Gasteiger partial charge is 0.236 e. The lowest BCUT2D eigenvalue weighted by molar-refractivity contribution is -0.134. The maximum atomic E-state index is 13.0. The highest BCUT2D eigenvalue weighted by atomic mass is 79.9. The Morgan fingerprint density at radius 1 is 1.12 bits per heavy atom. The molecule has 0 spiro atoms. The molecule has 3 aliphatic rings. The molecule has 0 radical (unpaired) electrons. The van der Waals surface area contributed by atoms with Gasteiger partial charge in [-0.25, -0.2) is 0 Å². The first kappa shape index (κ1) is 23.4. The number of aromatic nitrogens is 1. The van der Waals surface area contributed by atoms with E-state index in [0.717, 1.165) is 67.8 Å². The zero-order chi connectivity index (χ0) is 23.0. The van der Waals surface area contributed by atoms with Gasteiger partial charge in [0, 0.05) is 53.8 Å². The van der Waals surface area contributed by atoms with Crippen molar-refractivity contribution in [1.29, 1.82) is 0 Å². The van der Waals surface area contributed by atoms with Crippen LogP contribution in [0.3, 0.4) is 0 Å². The van der Waals surface area contributed by atoms with Gasteiger partial charge in [0.15, 0.2) is 0 Å². The van der Waals surface area contributed by atoms with Gasteiger partial charge in [-0.3, -0.25) is 14.7 Å². The Morgan fingerprint density at radius 2 is 1.85 bits per heavy atom. The van der Waals surface area contributed by atoms with Crippen molar-refractivity contribution < 1.29 is 4.79 Å². The van der Waals surface area contributed by atoms with Gasteiger partial charge < -0.3 is 4.90 Å². The van der Waals surface area contributed by atoms with Crippen LogP contribution in [0.2, 0.25) is 0 Å². The molecule has 3 heterocycles. The van der Waals surface area contributed by atoms with Crippen LogP contribution in [0.5, 0.6) is 0 Å². The van der Waals surface area contributed by atoms with Crippen LogP contribution in [0, 0.1) is 12.8 Å². The first-order valence-corrected chi connectivity index (χ1v) is 14.2. The van der Waals surface area contributed by atoms with Gasteiger partial charge in [-0.15, -0.1) is 0 Å². The quantitative estimate of drug-likeness (QED) is 0.571. The minimum atomic E-state index is -0.130. The molecule has 5 rings (SSSR count). The Morgan fingerprint density at radius 3 is 2.61 bits per heavy atom. The topological polar surface area (TPSA) is 36.4 Å². The molecular weight excluding hydrogens is 494 g/mol. The third kappa shape index (κ3) is 4.63. The molecular formula is C27H34BrN3OS. The van der Waals surface area contributed by atoms with Crippen molar-refractivity contribution >= 4 is 33.6 Å². The van der Waals surface area contributed by atoms with Crippen LogP contribution < -0.4 is 0 Å². The van der Waals surface area contributed by atoms with Gasteiger partial charge in [-0.1, -0.05) is 23.8 Å². The number of benzene rings is 1. The molecule has 1 unspecified atom stereocenters. The molecule has 0 saturated carbocycles. The van der Waals surface area contributed by atoms with E-state index >= 15 is 0 Å². The average Bonchev–Trinajstić information content (AvgIpc) is 2.94. The van der Waals surface area contributed by atoms with Crippen LogP contribution in [-0.4, -0.2) is 64.9 Å². The summed E-state index contributed by atoms with van der Waals surface area (Å²) in [4.78, 5) is 22.5. The van der Waals surface area contributed by atoms with Crippen molar-refractivity contribution in [2.45, 2.75) is 44.9 Å². The van der Waals surface area contributed by atoms with Crippen LogP contribution in [0.15, 0.2) is 34.9 Å². The third-order valence-electron chi connectivity index (χ3n) is 8.04. The fourth-order valence-corrected chi connectivity index (χ4v) is 7.50. The van der Waals surface area contributed by atoms with Crippen LogP contribution in [0.25, 0.3) is 0 Å². The number of carbonyl (C=O) groups excluding carboxylic acids is 1. The highest BCUT2D eigenvalue weighted by Gasteiger charge is 2.44. The monoisotopic (exact) mass is 527 g/mol. The van der Waals surface area contributed by atoms with Crippen molar-refractivity contribution in [1.82, 2.24) is 14.8 Å². The van der Waals surface area contributed by atoms with E-state index in [0.29, 0.717) is 18.4 Å². The molecule has 6 heteroatoms. The van der Waals surface area contributed by atoms with Crippen molar-refractivity contribution in [3.8, 4) is 0 Å². The normalized spacial score (nSPS) is 24.2. The number of amides is 1. The number of aryl methyl sites for hydroxylation is 3. The minimum Gasteiger partial charge on any atom is -0.342 e. The summed E-state index contributed by atoms with van der Waals surface area (Å²) in [6.07, 6.45) is 6.11. The Bertz CT molecular complexity index is 975. The number of fused-ring (bicyclic) bond motifs is 2. The van der Waals surface area contributed by atoms with E-state index < -0.39 is 0 Å². The number of hydrogen-bond donors (Lipinski definition) is 0. The predicted octanol–water partition coefficient (Wildman–Crippen LogP) is 4.84. The molecule has 1 aromatic carbocycles. The fourth-order valence-electron chi connectivity index (χ4n) is 6.14. The Kier molecular flexibility index (Phi) is 6.88. The first-order chi connectivity index (χ1) is 15.9. The Labute approximate surface area is 210 Å². The molecule has 33 heavy (non-hydrogen) atoms. The fraction of sp³-hybridized carbons (Fsp3) is 0.556. The van der Waals surface area contributed by atoms with E-state index in [1.807, 2.05) is 18.0 Å². The number of pyridine rings is 1. The summed E-state index contributed by atoms with van der Waals surface area (Å²) in [6, 6.07) is 9.27. The summed E-state index contributed by atoms with van der Waals surface area (Å²) in [7, 11) is 0. The molecule has 2 aromatic rings. The molecule has 4 nitrogen and oxygen atoms in total. The zero-order valence-electron chi connectivity index (χ0n) is 19.8. The summed E-state index contributed by atoms with van der Waals surface area (Å²) in [5.74, 6) is 3.08. The van der Waals surface area contributed by atoms with Crippen LogP contribution in [0.4, 0.5) is 0 Å². The maximum absolute atomic E-state index is 13.0. The van der Waals surface area contributed by atoms with Crippen molar-refractivity contribution in [2.75, 3.05) is 44.2 Å².